The first-order valence-electron chi connectivity index (χ1n) is 8.27. The zero-order chi connectivity index (χ0) is 17.9. The number of ether oxygens (including phenoxy) is 1. The molecule has 0 saturated carbocycles. The third kappa shape index (κ3) is 2.06. The molecule has 0 bridgehead atoms. The van der Waals surface area contributed by atoms with E-state index in [-0.39, 0.29) is 0 Å². The van der Waals surface area contributed by atoms with Gasteiger partial charge in [0.25, 0.3) is 0 Å². The Morgan fingerprint density at radius 2 is 1.72 bits per heavy atom. The summed E-state index contributed by atoms with van der Waals surface area (Å²) in [5, 5.41) is 0. The highest BCUT2D eigenvalue weighted by Crippen LogP contribution is 2.39. The van der Waals surface area contributed by atoms with Crippen molar-refractivity contribution < 1.29 is 17.9 Å². The van der Waals surface area contributed by atoms with E-state index in [0.29, 0.717) is 28.5 Å². The molecule has 0 fully saturated rings. The summed E-state index contributed by atoms with van der Waals surface area (Å²) in [6, 6.07) is 9.03. The number of aryl methyl sites for hydroxylation is 2. The highest BCUT2D eigenvalue weighted by Gasteiger charge is 2.53. The van der Waals surface area contributed by atoms with Crippen molar-refractivity contribution in [2.45, 2.75) is 20.8 Å². The van der Waals surface area contributed by atoms with Crippen molar-refractivity contribution in [1.82, 2.24) is 4.48 Å². The third-order valence-electron chi connectivity index (χ3n) is 5.08. The van der Waals surface area contributed by atoms with Gasteiger partial charge in [-0.3, -0.25) is 0 Å². The normalized spacial score (nSPS) is 17.8. The van der Waals surface area contributed by atoms with Crippen LogP contribution in [0.25, 0.3) is 5.57 Å². The number of halogens is 2. The first-order valence-corrected chi connectivity index (χ1v) is 8.27. The van der Waals surface area contributed by atoms with Crippen LogP contribution in [0.1, 0.15) is 29.4 Å². The van der Waals surface area contributed by atoms with Gasteiger partial charge in [-0.05, 0) is 62.4 Å². The van der Waals surface area contributed by atoms with E-state index in [1.165, 1.54) is 8.96 Å². The van der Waals surface area contributed by atoms with Crippen LogP contribution in [0.2, 0.25) is 0 Å². The van der Waals surface area contributed by atoms with E-state index in [4.69, 9.17) is 4.74 Å². The monoisotopic (exact) mass is 340 g/mol. The fourth-order valence-corrected chi connectivity index (χ4v) is 4.02. The zero-order valence-corrected chi connectivity index (χ0v) is 14.7. The number of allylic oxidation sites excluding steroid dienone is 3. The Labute approximate surface area is 145 Å². The molecule has 4 rings (SSSR count). The lowest BCUT2D eigenvalue weighted by Crippen LogP contribution is -2.51. The molecule has 0 N–H and O–H groups in total. The molecule has 128 valence electrons. The summed E-state index contributed by atoms with van der Waals surface area (Å²) >= 11 is 0. The summed E-state index contributed by atoms with van der Waals surface area (Å²) in [5.41, 5.74) is 4.80. The maximum absolute atomic E-state index is 15.5. The Hall–Kier alpha value is -2.63. The molecule has 25 heavy (non-hydrogen) atoms. The Morgan fingerprint density at radius 3 is 2.36 bits per heavy atom. The maximum atomic E-state index is 15.5. The minimum absolute atomic E-state index is 0.512. The van der Waals surface area contributed by atoms with Gasteiger partial charge in [-0.25, -0.2) is 0 Å². The first kappa shape index (κ1) is 15.9. The van der Waals surface area contributed by atoms with Gasteiger partial charge in [-0.15, -0.1) is 0 Å². The van der Waals surface area contributed by atoms with Gasteiger partial charge in [0.2, 0.25) is 0 Å². The van der Waals surface area contributed by atoms with Gasteiger partial charge in [-0.1, -0.05) is 0 Å². The predicted molar refractivity (Wildman–Crippen MR) is 96.4 cm³/mol. The quantitative estimate of drug-likeness (QED) is 0.751. The van der Waals surface area contributed by atoms with Crippen molar-refractivity contribution in [3.63, 3.8) is 0 Å². The molecule has 2 aliphatic rings. The lowest BCUT2D eigenvalue weighted by molar-refractivity contribution is -0.361. The topological polar surface area (TPSA) is 17.2 Å². The molecule has 0 amide bonds. The van der Waals surface area contributed by atoms with Crippen LogP contribution in [-0.2, 0) is 0 Å². The van der Waals surface area contributed by atoms with Crippen LogP contribution in [0.3, 0.4) is 0 Å². The van der Waals surface area contributed by atoms with Gasteiger partial charge in [0.15, 0.2) is 11.4 Å². The third-order valence-corrected chi connectivity index (χ3v) is 5.08. The summed E-state index contributed by atoms with van der Waals surface area (Å²) in [4.78, 5) is 0. The van der Waals surface area contributed by atoms with Crippen LogP contribution >= 0.6 is 0 Å². The van der Waals surface area contributed by atoms with E-state index < -0.39 is 6.97 Å². The van der Waals surface area contributed by atoms with Crippen LogP contribution in [0.15, 0.2) is 48.2 Å². The number of methoxy groups -OCH3 is 1. The van der Waals surface area contributed by atoms with Crippen LogP contribution in [-0.4, -0.2) is 28.8 Å². The summed E-state index contributed by atoms with van der Waals surface area (Å²) < 4.78 is 38.6. The van der Waals surface area contributed by atoms with Crippen molar-refractivity contribution in [2.75, 3.05) is 7.11 Å². The number of aromatic nitrogens is 1. The van der Waals surface area contributed by atoms with E-state index in [2.05, 4.69) is 0 Å². The molecule has 1 aromatic heterocycles. The molecule has 0 unspecified atom stereocenters. The minimum atomic E-state index is -3.95. The molecule has 0 aliphatic carbocycles. The lowest BCUT2D eigenvalue weighted by Gasteiger charge is -2.32. The van der Waals surface area contributed by atoms with Crippen LogP contribution in [0.5, 0.6) is 5.75 Å². The maximum Gasteiger partial charge on any atom is 0.737 e. The molecule has 3 nitrogen and oxygen atoms in total. The number of rotatable bonds is 2. The molecule has 2 aromatic rings. The standard InChI is InChI=1S/C19H19BF2N2O/c1-12-11-13(2)23-19(12)14(3)17-9-10-18(24(17)20(23,21)22)15-5-7-16(25-4)8-6-15/h5-11H,1-4H3. The SMILES string of the molecule is COc1ccc(C2=[N+]3C(=C(C)c4c(C)cc(C)n4[B-]3(F)F)C=C2)cc1. The summed E-state index contributed by atoms with van der Waals surface area (Å²) in [6.07, 6.45) is 3.56. The Balaban J connectivity index is 1.99. The van der Waals surface area contributed by atoms with Gasteiger partial charge in [-0.2, -0.15) is 0 Å². The number of fused-ring (bicyclic) bond motifs is 2. The van der Waals surface area contributed by atoms with E-state index in [1.54, 1.807) is 38.3 Å². The summed E-state index contributed by atoms with van der Waals surface area (Å²) in [5.74, 6) is 0.702. The molecule has 0 saturated heterocycles. The van der Waals surface area contributed by atoms with Crippen molar-refractivity contribution >= 4 is 18.3 Å². The van der Waals surface area contributed by atoms with Gasteiger partial charge < -0.3 is 22.3 Å². The second-order valence-corrected chi connectivity index (χ2v) is 6.60. The van der Waals surface area contributed by atoms with E-state index in [9.17, 15) is 0 Å². The fraction of sp³-hybridized carbons (Fsp3) is 0.211. The van der Waals surface area contributed by atoms with Crippen molar-refractivity contribution in [3.05, 3.63) is 70.7 Å². The fourth-order valence-electron chi connectivity index (χ4n) is 4.02. The smallest absolute Gasteiger partial charge is 0.497 e. The van der Waals surface area contributed by atoms with Crippen LogP contribution in [0, 0.1) is 13.8 Å². The van der Waals surface area contributed by atoms with Gasteiger partial charge in [0, 0.05) is 29.0 Å². The Kier molecular flexibility index (Phi) is 3.29. The molecule has 0 spiro atoms. The Bertz CT molecular complexity index is 982. The largest absolute Gasteiger partial charge is 0.737 e. The van der Waals surface area contributed by atoms with Crippen molar-refractivity contribution in [2.24, 2.45) is 0 Å². The van der Waals surface area contributed by atoms with Gasteiger partial charge >= 0.3 is 6.97 Å². The molecular weight excluding hydrogens is 321 g/mol. The Morgan fingerprint density at radius 1 is 1.04 bits per heavy atom. The van der Waals surface area contributed by atoms with Gasteiger partial charge in [0.05, 0.1) is 7.11 Å². The highest BCUT2D eigenvalue weighted by atomic mass is 19.2. The minimum Gasteiger partial charge on any atom is -0.497 e. The van der Waals surface area contributed by atoms with E-state index in [1.807, 2.05) is 32.0 Å². The molecular formula is C19H19BF2N2O. The second-order valence-electron chi connectivity index (χ2n) is 6.60. The average Bonchev–Trinajstić information content (AvgIpc) is 3.15. The highest BCUT2D eigenvalue weighted by molar-refractivity contribution is 6.58. The summed E-state index contributed by atoms with van der Waals surface area (Å²) in [6.45, 7) is 1.58. The molecule has 0 radical (unpaired) electrons. The van der Waals surface area contributed by atoms with Crippen LogP contribution in [0.4, 0.5) is 8.63 Å². The van der Waals surface area contributed by atoms with Crippen LogP contribution < -0.4 is 4.74 Å². The molecule has 2 aliphatic heterocycles. The zero-order valence-electron chi connectivity index (χ0n) is 14.7. The molecule has 6 heteroatoms. The van der Waals surface area contributed by atoms with E-state index in [0.717, 1.165) is 16.7 Å². The van der Waals surface area contributed by atoms with Gasteiger partial charge in [0.1, 0.15) is 5.75 Å². The average molecular weight is 340 g/mol. The number of hydrogen-bond donors (Lipinski definition) is 0. The number of hydrogen-bond acceptors (Lipinski definition) is 1. The molecule has 3 heterocycles. The lowest BCUT2D eigenvalue weighted by atomic mass is 9.87. The predicted octanol–water partition coefficient (Wildman–Crippen LogP) is 4.15. The first-order chi connectivity index (χ1) is 11.9. The van der Waals surface area contributed by atoms with E-state index >= 15 is 8.63 Å². The molecule has 1 aromatic carbocycles. The number of nitrogens with zero attached hydrogens (tertiary/aromatic N) is 2. The van der Waals surface area contributed by atoms with Crippen molar-refractivity contribution in [3.8, 4) is 5.75 Å². The summed E-state index contributed by atoms with van der Waals surface area (Å²) in [7, 11) is 1.59. The van der Waals surface area contributed by atoms with Crippen molar-refractivity contribution in [1.29, 1.82) is 0 Å². The molecule has 0 atom stereocenters. The number of benzene rings is 1. The second kappa shape index (κ2) is 5.18.